The summed E-state index contributed by atoms with van der Waals surface area (Å²) in [6, 6.07) is 6.35. The second kappa shape index (κ2) is 6.84. The van der Waals surface area contributed by atoms with Crippen LogP contribution in [0, 0.1) is 5.82 Å². The van der Waals surface area contributed by atoms with Gasteiger partial charge in [0.2, 0.25) is 5.91 Å². The third-order valence-corrected chi connectivity index (χ3v) is 3.99. The van der Waals surface area contributed by atoms with E-state index < -0.39 is 6.04 Å². The minimum Gasteiger partial charge on any atom is -0.338 e. The van der Waals surface area contributed by atoms with Gasteiger partial charge in [-0.1, -0.05) is 25.0 Å². The topological polar surface area (TPSA) is 46.3 Å². The Kier molecular flexibility index (Phi) is 5.12. The number of carbonyl (C=O) groups excluding carboxylic acids is 1. The smallest absolute Gasteiger partial charge is 0.239 e. The molecule has 1 aliphatic carbocycles. The van der Waals surface area contributed by atoms with Crippen LogP contribution in [0.1, 0.15) is 38.2 Å². The van der Waals surface area contributed by atoms with Crippen molar-refractivity contribution in [3.8, 4) is 0 Å². The summed E-state index contributed by atoms with van der Waals surface area (Å²) in [6.07, 6.45) is 5.26. The van der Waals surface area contributed by atoms with E-state index in [-0.39, 0.29) is 11.7 Å². The average Bonchev–Trinajstić information content (AvgIpc) is 2.94. The second-order valence-electron chi connectivity index (χ2n) is 5.64. The number of amides is 1. The summed E-state index contributed by atoms with van der Waals surface area (Å²) < 4.78 is 12.9. The number of rotatable bonds is 5. The highest BCUT2D eigenvalue weighted by molar-refractivity contribution is 5.81. The SMILES string of the molecule is C[C@H](N)C(=O)N(CCc1ccc(F)cc1)C1CCCC1. The summed E-state index contributed by atoms with van der Waals surface area (Å²) in [5.74, 6) is -0.202. The molecule has 0 spiro atoms. The predicted molar refractivity (Wildman–Crippen MR) is 77.7 cm³/mol. The summed E-state index contributed by atoms with van der Waals surface area (Å²) in [6.45, 7) is 2.40. The van der Waals surface area contributed by atoms with Crippen molar-refractivity contribution in [2.75, 3.05) is 6.54 Å². The minimum absolute atomic E-state index is 0.0269. The Morgan fingerprint density at radius 2 is 1.95 bits per heavy atom. The van der Waals surface area contributed by atoms with Crippen LogP contribution in [0.3, 0.4) is 0 Å². The van der Waals surface area contributed by atoms with Crippen LogP contribution < -0.4 is 5.73 Å². The van der Waals surface area contributed by atoms with Crippen molar-refractivity contribution in [3.05, 3.63) is 35.6 Å². The molecular formula is C16H23FN2O. The molecule has 4 heteroatoms. The summed E-state index contributed by atoms with van der Waals surface area (Å²) >= 11 is 0. The summed E-state index contributed by atoms with van der Waals surface area (Å²) in [7, 11) is 0. The molecule has 1 aromatic rings. The molecule has 1 amide bonds. The number of nitrogens with two attached hydrogens (primary N) is 1. The van der Waals surface area contributed by atoms with Crippen LogP contribution >= 0.6 is 0 Å². The van der Waals surface area contributed by atoms with Crippen LogP contribution in [-0.2, 0) is 11.2 Å². The van der Waals surface area contributed by atoms with Gasteiger partial charge in [-0.05, 0) is 43.9 Å². The van der Waals surface area contributed by atoms with Crippen LogP contribution in [0.25, 0.3) is 0 Å². The van der Waals surface area contributed by atoms with Gasteiger partial charge in [-0.2, -0.15) is 0 Å². The average molecular weight is 278 g/mol. The molecule has 1 aromatic carbocycles. The molecule has 2 rings (SSSR count). The molecule has 1 atom stereocenters. The van der Waals surface area contributed by atoms with Crippen LogP contribution in [0.2, 0.25) is 0 Å². The third-order valence-electron chi connectivity index (χ3n) is 3.99. The van der Waals surface area contributed by atoms with E-state index in [0.717, 1.165) is 24.8 Å². The predicted octanol–water partition coefficient (Wildman–Crippen LogP) is 2.49. The molecular weight excluding hydrogens is 255 g/mol. The van der Waals surface area contributed by atoms with E-state index in [1.165, 1.54) is 25.0 Å². The maximum Gasteiger partial charge on any atom is 0.239 e. The Hall–Kier alpha value is -1.42. The lowest BCUT2D eigenvalue weighted by Crippen LogP contribution is -2.47. The first kappa shape index (κ1) is 15.0. The highest BCUT2D eigenvalue weighted by atomic mass is 19.1. The highest BCUT2D eigenvalue weighted by Gasteiger charge is 2.27. The highest BCUT2D eigenvalue weighted by Crippen LogP contribution is 2.24. The number of nitrogens with zero attached hydrogens (tertiary/aromatic N) is 1. The molecule has 110 valence electrons. The monoisotopic (exact) mass is 278 g/mol. The lowest BCUT2D eigenvalue weighted by molar-refractivity contribution is -0.134. The van der Waals surface area contributed by atoms with Crippen LogP contribution in [0.4, 0.5) is 4.39 Å². The number of benzene rings is 1. The molecule has 0 unspecified atom stereocenters. The Bertz CT molecular complexity index is 438. The van der Waals surface area contributed by atoms with Crippen LogP contribution in [0.5, 0.6) is 0 Å². The molecule has 1 fully saturated rings. The Balaban J connectivity index is 1.99. The normalized spacial score (nSPS) is 17.1. The molecule has 1 aliphatic rings. The van der Waals surface area contributed by atoms with E-state index in [1.807, 2.05) is 4.90 Å². The van der Waals surface area contributed by atoms with Crippen molar-refractivity contribution in [2.24, 2.45) is 5.73 Å². The van der Waals surface area contributed by atoms with Crippen LogP contribution in [-0.4, -0.2) is 29.4 Å². The van der Waals surface area contributed by atoms with E-state index >= 15 is 0 Å². The van der Waals surface area contributed by atoms with Crippen molar-refractivity contribution >= 4 is 5.91 Å². The van der Waals surface area contributed by atoms with E-state index in [2.05, 4.69) is 0 Å². The number of carbonyl (C=O) groups is 1. The standard InChI is InChI=1S/C16H23FN2O/c1-12(18)16(20)19(15-4-2-3-5-15)11-10-13-6-8-14(17)9-7-13/h6-9,12,15H,2-5,10-11,18H2,1H3/t12-/m0/s1. The largest absolute Gasteiger partial charge is 0.338 e. The zero-order chi connectivity index (χ0) is 14.5. The summed E-state index contributed by atoms with van der Waals surface area (Å²) in [5.41, 5.74) is 6.80. The minimum atomic E-state index is -0.455. The number of hydrogen-bond donors (Lipinski definition) is 1. The van der Waals surface area contributed by atoms with Gasteiger partial charge in [0.1, 0.15) is 5.82 Å². The van der Waals surface area contributed by atoms with E-state index in [0.29, 0.717) is 12.6 Å². The first-order valence-corrected chi connectivity index (χ1v) is 7.38. The first-order chi connectivity index (χ1) is 9.58. The van der Waals surface area contributed by atoms with Crippen molar-refractivity contribution in [1.82, 2.24) is 4.90 Å². The van der Waals surface area contributed by atoms with Gasteiger partial charge < -0.3 is 10.6 Å². The molecule has 0 aromatic heterocycles. The van der Waals surface area contributed by atoms with Gasteiger partial charge in [-0.3, -0.25) is 4.79 Å². The van der Waals surface area contributed by atoms with Gasteiger partial charge in [0.15, 0.2) is 0 Å². The summed E-state index contributed by atoms with van der Waals surface area (Å²) in [5, 5.41) is 0. The van der Waals surface area contributed by atoms with Gasteiger partial charge in [-0.25, -0.2) is 4.39 Å². The van der Waals surface area contributed by atoms with Crippen molar-refractivity contribution in [1.29, 1.82) is 0 Å². The molecule has 0 radical (unpaired) electrons. The zero-order valence-electron chi connectivity index (χ0n) is 12.0. The first-order valence-electron chi connectivity index (χ1n) is 7.38. The van der Waals surface area contributed by atoms with Gasteiger partial charge in [-0.15, -0.1) is 0 Å². The lowest BCUT2D eigenvalue weighted by Gasteiger charge is -2.30. The maximum absolute atomic E-state index is 12.9. The fraction of sp³-hybridized carbons (Fsp3) is 0.562. The lowest BCUT2D eigenvalue weighted by atomic mass is 10.1. The van der Waals surface area contributed by atoms with Gasteiger partial charge in [0.05, 0.1) is 6.04 Å². The molecule has 3 nitrogen and oxygen atoms in total. The van der Waals surface area contributed by atoms with E-state index in [4.69, 9.17) is 5.73 Å². The number of hydrogen-bond acceptors (Lipinski definition) is 2. The Morgan fingerprint density at radius 1 is 1.35 bits per heavy atom. The van der Waals surface area contributed by atoms with E-state index in [1.54, 1.807) is 19.1 Å². The fourth-order valence-corrected chi connectivity index (χ4v) is 2.85. The zero-order valence-corrected chi connectivity index (χ0v) is 12.0. The molecule has 0 bridgehead atoms. The van der Waals surface area contributed by atoms with Gasteiger partial charge in [0, 0.05) is 12.6 Å². The molecule has 0 aliphatic heterocycles. The van der Waals surface area contributed by atoms with Crippen LogP contribution in [0.15, 0.2) is 24.3 Å². The molecule has 0 saturated heterocycles. The summed E-state index contributed by atoms with van der Waals surface area (Å²) in [4.78, 5) is 14.2. The quantitative estimate of drug-likeness (QED) is 0.899. The maximum atomic E-state index is 12.9. The molecule has 20 heavy (non-hydrogen) atoms. The Morgan fingerprint density at radius 3 is 2.50 bits per heavy atom. The van der Waals surface area contributed by atoms with Gasteiger partial charge in [0.25, 0.3) is 0 Å². The van der Waals surface area contributed by atoms with Crippen molar-refractivity contribution < 1.29 is 9.18 Å². The van der Waals surface area contributed by atoms with Crippen molar-refractivity contribution in [2.45, 2.75) is 51.1 Å². The molecule has 0 heterocycles. The molecule has 1 saturated carbocycles. The fourth-order valence-electron chi connectivity index (χ4n) is 2.85. The third kappa shape index (κ3) is 3.79. The van der Waals surface area contributed by atoms with Crippen molar-refractivity contribution in [3.63, 3.8) is 0 Å². The van der Waals surface area contributed by atoms with Gasteiger partial charge >= 0.3 is 0 Å². The Labute approximate surface area is 120 Å². The number of halogens is 1. The molecule has 2 N–H and O–H groups in total. The van der Waals surface area contributed by atoms with E-state index in [9.17, 15) is 9.18 Å². The second-order valence-corrected chi connectivity index (χ2v) is 5.64.